The number of benzene rings is 2. The van der Waals surface area contributed by atoms with E-state index in [0.717, 1.165) is 12.0 Å². The molecule has 9 nitrogen and oxygen atoms in total. The molecule has 0 radical (unpaired) electrons. The molecule has 0 saturated carbocycles. The Bertz CT molecular complexity index is 1280. The second-order valence-electron chi connectivity index (χ2n) is 7.94. The summed E-state index contributed by atoms with van der Waals surface area (Å²) in [6, 6.07) is 11.5. The van der Waals surface area contributed by atoms with Crippen molar-refractivity contribution < 1.29 is 21.5 Å². The lowest BCUT2D eigenvalue weighted by Gasteiger charge is -2.33. The maximum Gasteiger partial charge on any atom is 0.245 e. The number of piperazine rings is 1. The van der Waals surface area contributed by atoms with E-state index in [1.807, 2.05) is 12.1 Å². The van der Waals surface area contributed by atoms with Crippen molar-refractivity contribution in [1.82, 2.24) is 18.9 Å². The summed E-state index contributed by atoms with van der Waals surface area (Å²) in [4.78, 5) is 0.220. The van der Waals surface area contributed by atoms with Crippen LogP contribution in [0.2, 0.25) is 0 Å². The van der Waals surface area contributed by atoms with Gasteiger partial charge in [0, 0.05) is 26.2 Å². The fraction of sp³-hybridized carbons (Fsp3) is 0.400. The summed E-state index contributed by atoms with van der Waals surface area (Å²) in [6.07, 6.45) is 0.880. The molecule has 0 N–H and O–H groups in total. The zero-order valence-corrected chi connectivity index (χ0v) is 18.9. The van der Waals surface area contributed by atoms with Gasteiger partial charge < -0.3 is 0 Å². The maximum absolute atomic E-state index is 13.1. The van der Waals surface area contributed by atoms with E-state index in [-0.39, 0.29) is 41.5 Å². The lowest BCUT2D eigenvalue weighted by Crippen LogP contribution is -2.50. The second-order valence-corrected chi connectivity index (χ2v) is 11.8. The van der Waals surface area contributed by atoms with Crippen LogP contribution in [0.3, 0.4) is 0 Å². The van der Waals surface area contributed by atoms with Crippen LogP contribution < -0.4 is 0 Å². The van der Waals surface area contributed by atoms with Gasteiger partial charge in [-0.15, -0.1) is 0 Å². The molecule has 0 atom stereocenters. The van der Waals surface area contributed by atoms with Crippen molar-refractivity contribution in [3.8, 4) is 0 Å². The van der Waals surface area contributed by atoms with Gasteiger partial charge in [-0.05, 0) is 52.5 Å². The molecular formula is C20H24N4O5S2. The number of hydrogen-bond acceptors (Lipinski definition) is 7. The van der Waals surface area contributed by atoms with Crippen molar-refractivity contribution in [3.63, 3.8) is 0 Å². The van der Waals surface area contributed by atoms with E-state index in [4.69, 9.17) is 0 Å². The third-order valence-corrected chi connectivity index (χ3v) is 9.11. The SMILES string of the molecule is CC(C)Cc1ccc(S(=O)(=O)N2CCN(S(=O)(=O)c3cccc4nonc34)CC2)cc1. The third-order valence-electron chi connectivity index (χ3n) is 5.27. The highest BCUT2D eigenvalue weighted by Crippen LogP contribution is 2.26. The first kappa shape index (κ1) is 21.9. The molecule has 11 heteroatoms. The van der Waals surface area contributed by atoms with Gasteiger partial charge in [-0.25, -0.2) is 21.5 Å². The molecule has 1 fully saturated rings. The smallest absolute Gasteiger partial charge is 0.243 e. The molecule has 166 valence electrons. The lowest BCUT2D eigenvalue weighted by molar-refractivity contribution is 0.273. The highest BCUT2D eigenvalue weighted by atomic mass is 32.2. The molecule has 0 unspecified atom stereocenters. The fourth-order valence-electron chi connectivity index (χ4n) is 3.70. The van der Waals surface area contributed by atoms with E-state index in [9.17, 15) is 16.8 Å². The van der Waals surface area contributed by atoms with Crippen LogP contribution in [0.15, 0.2) is 56.9 Å². The summed E-state index contributed by atoms with van der Waals surface area (Å²) in [6.45, 7) is 4.46. The minimum absolute atomic E-state index is 0.00305. The quantitative estimate of drug-likeness (QED) is 0.549. The summed E-state index contributed by atoms with van der Waals surface area (Å²) in [5.41, 5.74) is 1.60. The second kappa shape index (κ2) is 8.30. The molecule has 0 amide bonds. The molecule has 3 aromatic rings. The number of sulfonamides is 2. The number of hydrogen-bond donors (Lipinski definition) is 0. The van der Waals surface area contributed by atoms with Gasteiger partial charge in [0.1, 0.15) is 10.4 Å². The Balaban J connectivity index is 1.49. The zero-order chi connectivity index (χ0) is 22.2. The molecule has 1 aliphatic heterocycles. The van der Waals surface area contributed by atoms with Gasteiger partial charge in [0.25, 0.3) is 0 Å². The molecule has 4 rings (SSSR count). The number of fused-ring (bicyclic) bond motifs is 1. The molecule has 2 heterocycles. The monoisotopic (exact) mass is 464 g/mol. The Morgan fingerprint density at radius 2 is 1.48 bits per heavy atom. The molecule has 0 aliphatic carbocycles. The summed E-state index contributed by atoms with van der Waals surface area (Å²) in [5.74, 6) is 0.483. The highest BCUT2D eigenvalue weighted by molar-refractivity contribution is 7.89. The Morgan fingerprint density at radius 3 is 2.10 bits per heavy atom. The number of rotatable bonds is 6. The van der Waals surface area contributed by atoms with Crippen LogP contribution in [-0.2, 0) is 26.5 Å². The predicted octanol–water partition coefficient (Wildman–Crippen LogP) is 2.12. The van der Waals surface area contributed by atoms with Crippen LogP contribution in [0.4, 0.5) is 0 Å². The first-order valence-corrected chi connectivity index (χ1v) is 12.9. The van der Waals surface area contributed by atoms with Crippen LogP contribution in [0, 0.1) is 5.92 Å². The van der Waals surface area contributed by atoms with Gasteiger partial charge in [-0.3, -0.25) is 0 Å². The van der Waals surface area contributed by atoms with Crippen LogP contribution in [0.25, 0.3) is 11.0 Å². The normalized spacial score (nSPS) is 16.9. The minimum Gasteiger partial charge on any atom is -0.243 e. The first-order valence-electron chi connectivity index (χ1n) is 10.00. The Morgan fingerprint density at radius 1 is 0.871 bits per heavy atom. The van der Waals surface area contributed by atoms with Gasteiger partial charge in [-0.1, -0.05) is 32.0 Å². The molecular weight excluding hydrogens is 440 g/mol. The van der Waals surface area contributed by atoms with Gasteiger partial charge in [-0.2, -0.15) is 8.61 Å². The van der Waals surface area contributed by atoms with E-state index in [1.165, 1.54) is 14.7 Å². The Kier molecular flexibility index (Phi) is 5.86. The largest absolute Gasteiger partial charge is 0.245 e. The van der Waals surface area contributed by atoms with Gasteiger partial charge >= 0.3 is 0 Å². The topological polar surface area (TPSA) is 114 Å². The lowest BCUT2D eigenvalue weighted by atomic mass is 10.0. The maximum atomic E-state index is 13.1. The molecule has 1 aromatic heterocycles. The van der Waals surface area contributed by atoms with E-state index >= 15 is 0 Å². The molecule has 2 aromatic carbocycles. The molecule has 31 heavy (non-hydrogen) atoms. The van der Waals surface area contributed by atoms with Gasteiger partial charge in [0.05, 0.1) is 4.90 Å². The molecule has 0 bridgehead atoms. The van der Waals surface area contributed by atoms with E-state index in [0.29, 0.717) is 11.4 Å². The van der Waals surface area contributed by atoms with E-state index in [2.05, 4.69) is 28.8 Å². The summed E-state index contributed by atoms with van der Waals surface area (Å²) in [7, 11) is -7.55. The standard InChI is InChI=1S/C20H24N4O5S2/c1-15(2)14-16-6-8-17(9-7-16)30(25,26)23-10-12-24(13-11-23)31(27,28)19-5-3-4-18-20(19)22-29-21-18/h3-9,15H,10-14H2,1-2H3. The summed E-state index contributed by atoms with van der Waals surface area (Å²) in [5, 5.41) is 7.38. The summed E-state index contributed by atoms with van der Waals surface area (Å²) >= 11 is 0. The van der Waals surface area contributed by atoms with E-state index < -0.39 is 20.0 Å². The number of nitrogens with zero attached hydrogens (tertiary/aromatic N) is 4. The van der Waals surface area contributed by atoms with Crippen LogP contribution in [0.1, 0.15) is 19.4 Å². The minimum atomic E-state index is -3.86. The van der Waals surface area contributed by atoms with Crippen molar-refractivity contribution in [2.75, 3.05) is 26.2 Å². The molecule has 1 aliphatic rings. The Labute approximate surface area is 181 Å². The van der Waals surface area contributed by atoms with Crippen molar-refractivity contribution in [2.24, 2.45) is 5.92 Å². The third kappa shape index (κ3) is 4.22. The average Bonchev–Trinajstić information content (AvgIpc) is 3.22. The molecule has 1 saturated heterocycles. The fourth-order valence-corrected chi connectivity index (χ4v) is 6.68. The first-order chi connectivity index (χ1) is 14.7. The van der Waals surface area contributed by atoms with Crippen LogP contribution in [-0.4, -0.2) is 61.9 Å². The van der Waals surface area contributed by atoms with E-state index in [1.54, 1.807) is 24.3 Å². The zero-order valence-electron chi connectivity index (χ0n) is 17.3. The highest BCUT2D eigenvalue weighted by Gasteiger charge is 2.35. The average molecular weight is 465 g/mol. The van der Waals surface area contributed by atoms with Crippen molar-refractivity contribution >= 4 is 31.1 Å². The van der Waals surface area contributed by atoms with Gasteiger partial charge in [0.15, 0.2) is 5.52 Å². The van der Waals surface area contributed by atoms with Crippen molar-refractivity contribution in [1.29, 1.82) is 0 Å². The number of aromatic nitrogens is 2. The Hall–Kier alpha value is -2.34. The predicted molar refractivity (Wildman–Crippen MR) is 114 cm³/mol. The van der Waals surface area contributed by atoms with Crippen molar-refractivity contribution in [3.05, 3.63) is 48.0 Å². The summed E-state index contributed by atoms with van der Waals surface area (Å²) < 4.78 is 59.5. The van der Waals surface area contributed by atoms with Crippen LogP contribution >= 0.6 is 0 Å². The molecule has 0 spiro atoms. The van der Waals surface area contributed by atoms with Crippen LogP contribution in [0.5, 0.6) is 0 Å². The van der Waals surface area contributed by atoms with Crippen molar-refractivity contribution in [2.45, 2.75) is 30.1 Å². The van der Waals surface area contributed by atoms with Gasteiger partial charge in [0.2, 0.25) is 20.0 Å².